The number of azo groups is 1. The van der Waals surface area contributed by atoms with Crippen molar-refractivity contribution in [2.24, 2.45) is 16.0 Å². The highest BCUT2D eigenvalue weighted by atomic mass is 15.1. The van der Waals surface area contributed by atoms with E-state index in [0.717, 1.165) is 28.1 Å². The van der Waals surface area contributed by atoms with Gasteiger partial charge in [0, 0.05) is 6.54 Å². The standard InChI is InChI=1S/C15H17N3/c1-11-5-3-4-6-14(11)17-18-15-8-7-13(10-16)9-12(15)2/h3-9H,10,16H2,1-2H3. The van der Waals surface area contributed by atoms with Gasteiger partial charge < -0.3 is 5.73 Å². The number of nitrogens with two attached hydrogens (primary N) is 1. The predicted octanol–water partition coefficient (Wildman–Crippen LogP) is 4.18. The number of hydrogen-bond acceptors (Lipinski definition) is 3. The molecule has 92 valence electrons. The SMILES string of the molecule is Cc1ccccc1N=Nc1ccc(CN)cc1C. The van der Waals surface area contributed by atoms with E-state index in [2.05, 4.69) is 10.2 Å². The van der Waals surface area contributed by atoms with Gasteiger partial charge in [-0.15, -0.1) is 0 Å². The van der Waals surface area contributed by atoms with Crippen molar-refractivity contribution in [3.63, 3.8) is 0 Å². The van der Waals surface area contributed by atoms with E-state index in [4.69, 9.17) is 5.73 Å². The summed E-state index contributed by atoms with van der Waals surface area (Å²) in [6, 6.07) is 13.9. The first-order valence-electron chi connectivity index (χ1n) is 5.97. The summed E-state index contributed by atoms with van der Waals surface area (Å²) in [6.07, 6.45) is 0. The van der Waals surface area contributed by atoms with Crippen LogP contribution in [0.25, 0.3) is 0 Å². The zero-order chi connectivity index (χ0) is 13.0. The maximum Gasteiger partial charge on any atom is 0.0886 e. The molecule has 2 N–H and O–H groups in total. The quantitative estimate of drug-likeness (QED) is 0.802. The first-order chi connectivity index (χ1) is 8.70. The van der Waals surface area contributed by atoms with E-state index < -0.39 is 0 Å². The van der Waals surface area contributed by atoms with E-state index in [1.54, 1.807) is 0 Å². The number of rotatable bonds is 3. The third-order valence-corrected chi connectivity index (χ3v) is 2.88. The molecule has 0 spiro atoms. The van der Waals surface area contributed by atoms with Gasteiger partial charge >= 0.3 is 0 Å². The van der Waals surface area contributed by atoms with Crippen LogP contribution in [0.5, 0.6) is 0 Å². The molecule has 0 radical (unpaired) electrons. The van der Waals surface area contributed by atoms with Crippen LogP contribution in [0.3, 0.4) is 0 Å². The molecule has 3 nitrogen and oxygen atoms in total. The van der Waals surface area contributed by atoms with Crippen LogP contribution in [0.1, 0.15) is 16.7 Å². The van der Waals surface area contributed by atoms with E-state index in [1.807, 2.05) is 56.3 Å². The lowest BCUT2D eigenvalue weighted by Gasteiger charge is -2.02. The third-order valence-electron chi connectivity index (χ3n) is 2.88. The molecule has 0 atom stereocenters. The fraction of sp³-hybridized carbons (Fsp3) is 0.200. The Morgan fingerprint density at radius 3 is 2.17 bits per heavy atom. The monoisotopic (exact) mass is 239 g/mol. The number of hydrogen-bond donors (Lipinski definition) is 1. The molecule has 0 saturated carbocycles. The molecule has 0 saturated heterocycles. The van der Waals surface area contributed by atoms with Crippen LogP contribution < -0.4 is 5.73 Å². The van der Waals surface area contributed by atoms with Gasteiger partial charge in [0.2, 0.25) is 0 Å². The second-order valence-corrected chi connectivity index (χ2v) is 4.31. The van der Waals surface area contributed by atoms with E-state index in [1.165, 1.54) is 0 Å². The normalized spacial score (nSPS) is 11.1. The Morgan fingerprint density at radius 2 is 1.56 bits per heavy atom. The van der Waals surface area contributed by atoms with Crippen LogP contribution in [0, 0.1) is 13.8 Å². The van der Waals surface area contributed by atoms with Gasteiger partial charge in [0.1, 0.15) is 0 Å². The summed E-state index contributed by atoms with van der Waals surface area (Å²) in [5, 5.41) is 8.58. The Hall–Kier alpha value is -2.00. The molecule has 0 aromatic heterocycles. The van der Waals surface area contributed by atoms with Gasteiger partial charge in [0.05, 0.1) is 11.4 Å². The Labute approximate surface area is 107 Å². The lowest BCUT2D eigenvalue weighted by molar-refractivity contribution is 1.06. The van der Waals surface area contributed by atoms with Crippen molar-refractivity contribution in [2.45, 2.75) is 20.4 Å². The van der Waals surface area contributed by atoms with E-state index in [0.29, 0.717) is 6.54 Å². The van der Waals surface area contributed by atoms with Crippen molar-refractivity contribution in [1.29, 1.82) is 0 Å². The van der Waals surface area contributed by atoms with Crippen LogP contribution in [-0.2, 0) is 6.54 Å². The predicted molar refractivity (Wildman–Crippen MR) is 74.4 cm³/mol. The minimum Gasteiger partial charge on any atom is -0.326 e. The fourth-order valence-corrected chi connectivity index (χ4v) is 1.74. The summed E-state index contributed by atoms with van der Waals surface area (Å²) in [5.41, 5.74) is 10.7. The van der Waals surface area contributed by atoms with E-state index >= 15 is 0 Å². The minimum atomic E-state index is 0.552. The molecular weight excluding hydrogens is 222 g/mol. The highest BCUT2D eigenvalue weighted by molar-refractivity contribution is 5.49. The summed E-state index contributed by atoms with van der Waals surface area (Å²) in [7, 11) is 0. The highest BCUT2D eigenvalue weighted by Gasteiger charge is 1.99. The van der Waals surface area contributed by atoms with Crippen LogP contribution in [0.2, 0.25) is 0 Å². The van der Waals surface area contributed by atoms with Crippen LogP contribution in [-0.4, -0.2) is 0 Å². The lowest BCUT2D eigenvalue weighted by atomic mass is 10.1. The zero-order valence-electron chi connectivity index (χ0n) is 10.7. The van der Waals surface area contributed by atoms with Crippen molar-refractivity contribution in [3.05, 3.63) is 59.2 Å². The summed E-state index contributed by atoms with van der Waals surface area (Å²) in [4.78, 5) is 0. The van der Waals surface area contributed by atoms with Crippen molar-refractivity contribution in [1.82, 2.24) is 0 Å². The lowest BCUT2D eigenvalue weighted by Crippen LogP contribution is -1.95. The molecule has 18 heavy (non-hydrogen) atoms. The Balaban J connectivity index is 2.27. The topological polar surface area (TPSA) is 50.7 Å². The average Bonchev–Trinajstić information content (AvgIpc) is 2.39. The Morgan fingerprint density at radius 1 is 0.889 bits per heavy atom. The molecule has 3 heteroatoms. The smallest absolute Gasteiger partial charge is 0.0886 e. The van der Waals surface area contributed by atoms with Crippen molar-refractivity contribution in [3.8, 4) is 0 Å². The van der Waals surface area contributed by atoms with Crippen LogP contribution >= 0.6 is 0 Å². The zero-order valence-corrected chi connectivity index (χ0v) is 10.7. The van der Waals surface area contributed by atoms with Gasteiger partial charge in [-0.05, 0) is 42.7 Å². The molecular formula is C15H17N3. The molecule has 2 aromatic rings. The van der Waals surface area contributed by atoms with Gasteiger partial charge in [-0.2, -0.15) is 10.2 Å². The second kappa shape index (κ2) is 5.56. The number of nitrogens with zero attached hydrogens (tertiary/aromatic N) is 2. The summed E-state index contributed by atoms with van der Waals surface area (Å²) in [6.45, 7) is 4.60. The van der Waals surface area contributed by atoms with Crippen molar-refractivity contribution in [2.75, 3.05) is 0 Å². The first kappa shape index (κ1) is 12.5. The van der Waals surface area contributed by atoms with Gasteiger partial charge in [-0.25, -0.2) is 0 Å². The van der Waals surface area contributed by atoms with Gasteiger partial charge in [0.25, 0.3) is 0 Å². The molecule has 0 aliphatic carbocycles. The van der Waals surface area contributed by atoms with Gasteiger partial charge in [0.15, 0.2) is 0 Å². The van der Waals surface area contributed by atoms with Gasteiger partial charge in [-0.3, -0.25) is 0 Å². The molecule has 2 rings (SSSR count). The maximum atomic E-state index is 5.60. The minimum absolute atomic E-state index is 0.552. The first-order valence-corrected chi connectivity index (χ1v) is 5.97. The maximum absolute atomic E-state index is 5.60. The largest absolute Gasteiger partial charge is 0.326 e. The number of benzene rings is 2. The summed E-state index contributed by atoms with van der Waals surface area (Å²) < 4.78 is 0. The summed E-state index contributed by atoms with van der Waals surface area (Å²) >= 11 is 0. The summed E-state index contributed by atoms with van der Waals surface area (Å²) in [5.74, 6) is 0. The van der Waals surface area contributed by atoms with E-state index in [9.17, 15) is 0 Å². The molecule has 0 amide bonds. The second-order valence-electron chi connectivity index (χ2n) is 4.31. The molecule has 0 aliphatic heterocycles. The Kier molecular flexibility index (Phi) is 3.85. The third kappa shape index (κ3) is 2.81. The van der Waals surface area contributed by atoms with Crippen molar-refractivity contribution < 1.29 is 0 Å². The van der Waals surface area contributed by atoms with Crippen molar-refractivity contribution >= 4 is 11.4 Å². The molecule has 0 aliphatic rings. The molecule has 0 bridgehead atoms. The fourth-order valence-electron chi connectivity index (χ4n) is 1.74. The molecule has 0 heterocycles. The molecule has 0 fully saturated rings. The van der Waals surface area contributed by atoms with Crippen LogP contribution in [0.4, 0.5) is 11.4 Å². The van der Waals surface area contributed by atoms with Gasteiger partial charge in [-0.1, -0.05) is 30.3 Å². The Bertz CT molecular complexity index is 574. The number of aryl methyl sites for hydroxylation is 2. The van der Waals surface area contributed by atoms with Crippen LogP contribution in [0.15, 0.2) is 52.7 Å². The highest BCUT2D eigenvalue weighted by Crippen LogP contribution is 2.24. The molecule has 2 aromatic carbocycles. The van der Waals surface area contributed by atoms with E-state index in [-0.39, 0.29) is 0 Å². The average molecular weight is 239 g/mol. The molecule has 0 unspecified atom stereocenters.